The molecule has 0 aliphatic heterocycles. The van der Waals surface area contributed by atoms with Crippen LogP contribution in [-0.4, -0.2) is 11.0 Å². The predicted molar refractivity (Wildman–Crippen MR) is 90.4 cm³/mol. The molecule has 0 radical (unpaired) electrons. The van der Waals surface area contributed by atoms with E-state index >= 15 is 0 Å². The van der Waals surface area contributed by atoms with E-state index in [4.69, 9.17) is 4.74 Å². The van der Waals surface area contributed by atoms with Crippen molar-refractivity contribution >= 4 is 5.69 Å². The number of ether oxygens (including phenoxy) is 1. The van der Waals surface area contributed by atoms with Crippen LogP contribution in [0.1, 0.15) is 49.1 Å². The lowest BCUT2D eigenvalue weighted by atomic mass is 10.1. The Morgan fingerprint density at radius 3 is 2.87 bits per heavy atom. The maximum Gasteiger partial charge on any atom is 0.232 e. The van der Waals surface area contributed by atoms with E-state index in [1.807, 2.05) is 19.1 Å². The van der Waals surface area contributed by atoms with Gasteiger partial charge in [0.1, 0.15) is 17.7 Å². The van der Waals surface area contributed by atoms with Crippen molar-refractivity contribution in [3.8, 4) is 11.9 Å². The average Bonchev–Trinajstić information content (AvgIpc) is 3.37. The summed E-state index contributed by atoms with van der Waals surface area (Å²) in [5.41, 5.74) is 3.55. The number of aryl methyl sites for hydroxylation is 1. The van der Waals surface area contributed by atoms with Gasteiger partial charge in [-0.1, -0.05) is 19.1 Å². The molecule has 0 spiro atoms. The Morgan fingerprint density at radius 1 is 1.35 bits per heavy atom. The lowest BCUT2D eigenvalue weighted by Crippen LogP contribution is -2.10. The highest BCUT2D eigenvalue weighted by atomic mass is 16.5. The van der Waals surface area contributed by atoms with Crippen molar-refractivity contribution in [2.24, 2.45) is 0 Å². The van der Waals surface area contributed by atoms with Crippen LogP contribution in [0.5, 0.6) is 5.88 Å². The van der Waals surface area contributed by atoms with Crippen molar-refractivity contribution in [2.75, 3.05) is 5.32 Å². The Kier molecular flexibility index (Phi) is 4.47. The van der Waals surface area contributed by atoms with E-state index < -0.39 is 0 Å². The third-order valence-corrected chi connectivity index (χ3v) is 3.95. The fraction of sp³-hybridized carbons (Fsp3) is 0.368. The molecule has 1 aliphatic carbocycles. The Hall–Kier alpha value is -2.54. The Morgan fingerprint density at radius 2 is 2.17 bits per heavy atom. The quantitative estimate of drug-likeness (QED) is 0.861. The first-order chi connectivity index (χ1) is 11.2. The molecule has 118 valence electrons. The molecule has 0 bridgehead atoms. The Bertz CT molecular complexity index is 732. The normalized spacial score (nSPS) is 14.8. The first kappa shape index (κ1) is 15.4. The van der Waals surface area contributed by atoms with Crippen LogP contribution in [0.2, 0.25) is 0 Å². The van der Waals surface area contributed by atoms with Gasteiger partial charge in [0.15, 0.2) is 0 Å². The molecule has 1 saturated carbocycles. The Labute approximate surface area is 137 Å². The number of anilines is 1. The van der Waals surface area contributed by atoms with Gasteiger partial charge in [0.05, 0.1) is 0 Å². The molecule has 4 nitrogen and oxygen atoms in total. The lowest BCUT2D eigenvalue weighted by molar-refractivity contribution is 0.192. The van der Waals surface area contributed by atoms with Crippen LogP contribution in [0.3, 0.4) is 0 Å². The number of nitrogens with one attached hydrogen (secondary N) is 1. The second kappa shape index (κ2) is 6.70. The molecule has 1 unspecified atom stereocenters. The van der Waals surface area contributed by atoms with E-state index in [0.29, 0.717) is 17.5 Å². The summed E-state index contributed by atoms with van der Waals surface area (Å²) in [5, 5.41) is 12.7. The first-order valence-corrected chi connectivity index (χ1v) is 8.10. The summed E-state index contributed by atoms with van der Waals surface area (Å²) in [4.78, 5) is 4.38. The average molecular weight is 307 g/mol. The lowest BCUT2D eigenvalue weighted by Gasteiger charge is -2.19. The highest BCUT2D eigenvalue weighted by Gasteiger charge is 2.21. The summed E-state index contributed by atoms with van der Waals surface area (Å²) in [5.74, 6) is 0.417. The molecule has 1 aromatic carbocycles. The fourth-order valence-electron chi connectivity index (χ4n) is 2.52. The largest absolute Gasteiger partial charge is 0.469 e. The molecule has 4 heteroatoms. The molecule has 0 saturated heterocycles. The fourth-order valence-corrected chi connectivity index (χ4v) is 2.52. The third kappa shape index (κ3) is 3.81. The summed E-state index contributed by atoms with van der Waals surface area (Å²) in [6, 6.07) is 14.7. The molecule has 23 heavy (non-hydrogen) atoms. The maximum atomic E-state index is 9.24. The minimum atomic E-state index is -0.114. The summed E-state index contributed by atoms with van der Waals surface area (Å²) < 4.78 is 6.07. The monoisotopic (exact) mass is 307 g/mol. The molecule has 1 N–H and O–H groups in total. The van der Waals surface area contributed by atoms with Crippen LogP contribution >= 0.6 is 0 Å². The molecule has 1 heterocycles. The second-order valence-corrected chi connectivity index (χ2v) is 5.98. The van der Waals surface area contributed by atoms with Crippen molar-refractivity contribution in [1.29, 1.82) is 5.26 Å². The maximum absolute atomic E-state index is 9.24. The van der Waals surface area contributed by atoms with Gasteiger partial charge in [-0.3, -0.25) is 0 Å². The van der Waals surface area contributed by atoms with E-state index in [1.54, 1.807) is 6.07 Å². The zero-order valence-electron chi connectivity index (χ0n) is 13.5. The number of benzene rings is 1. The van der Waals surface area contributed by atoms with Gasteiger partial charge in [-0.2, -0.15) is 5.26 Å². The van der Waals surface area contributed by atoms with Gasteiger partial charge < -0.3 is 10.1 Å². The van der Waals surface area contributed by atoms with Gasteiger partial charge in [0, 0.05) is 17.4 Å². The van der Waals surface area contributed by atoms with Crippen molar-refractivity contribution < 1.29 is 4.74 Å². The molecule has 1 aromatic heterocycles. The van der Waals surface area contributed by atoms with Crippen LogP contribution in [-0.2, 0) is 0 Å². The van der Waals surface area contributed by atoms with E-state index in [0.717, 1.165) is 23.4 Å². The molecule has 2 aromatic rings. The SMILES string of the molecule is CCC(Oc1nc(C)ccc1C#N)c1cccc(NC2CC2)c1. The number of nitrogens with zero attached hydrogens (tertiary/aromatic N) is 2. The van der Waals surface area contributed by atoms with Crippen LogP contribution in [0.4, 0.5) is 5.69 Å². The van der Waals surface area contributed by atoms with Gasteiger partial charge in [-0.05, 0) is 56.0 Å². The molecular weight excluding hydrogens is 286 g/mol. The van der Waals surface area contributed by atoms with Gasteiger partial charge >= 0.3 is 0 Å². The van der Waals surface area contributed by atoms with Gasteiger partial charge in [-0.15, -0.1) is 0 Å². The Balaban J connectivity index is 1.82. The minimum Gasteiger partial charge on any atom is -0.469 e. The van der Waals surface area contributed by atoms with Crippen LogP contribution in [0, 0.1) is 18.3 Å². The molecular formula is C19H21N3O. The van der Waals surface area contributed by atoms with Crippen molar-refractivity contribution in [3.05, 3.63) is 53.2 Å². The van der Waals surface area contributed by atoms with E-state index in [2.05, 4.69) is 41.5 Å². The van der Waals surface area contributed by atoms with Crippen LogP contribution < -0.4 is 10.1 Å². The van der Waals surface area contributed by atoms with Gasteiger partial charge in [0.25, 0.3) is 0 Å². The van der Waals surface area contributed by atoms with E-state index in [1.165, 1.54) is 12.8 Å². The van der Waals surface area contributed by atoms with E-state index in [9.17, 15) is 5.26 Å². The third-order valence-electron chi connectivity index (χ3n) is 3.95. The summed E-state index contributed by atoms with van der Waals surface area (Å²) in [6.07, 6.45) is 3.19. The highest BCUT2D eigenvalue weighted by molar-refractivity contribution is 5.48. The summed E-state index contributed by atoms with van der Waals surface area (Å²) >= 11 is 0. The number of rotatable bonds is 6. The first-order valence-electron chi connectivity index (χ1n) is 8.10. The number of aromatic nitrogens is 1. The number of hydrogen-bond donors (Lipinski definition) is 1. The zero-order chi connectivity index (χ0) is 16.2. The molecule has 1 aliphatic rings. The molecule has 3 rings (SSSR count). The van der Waals surface area contributed by atoms with Crippen molar-refractivity contribution in [3.63, 3.8) is 0 Å². The van der Waals surface area contributed by atoms with Crippen molar-refractivity contribution in [1.82, 2.24) is 4.98 Å². The second-order valence-electron chi connectivity index (χ2n) is 5.98. The molecule has 1 fully saturated rings. The topological polar surface area (TPSA) is 57.9 Å². The standard InChI is InChI=1S/C19H21N3O/c1-3-18(23-19-15(12-20)8-7-13(2)21-19)14-5-4-6-17(11-14)22-16-9-10-16/h4-8,11,16,18,22H,3,9-10H2,1-2H3. The van der Waals surface area contributed by atoms with Gasteiger partial charge in [-0.25, -0.2) is 4.98 Å². The summed E-state index contributed by atoms with van der Waals surface area (Å²) in [6.45, 7) is 3.97. The zero-order valence-corrected chi connectivity index (χ0v) is 13.5. The number of hydrogen-bond acceptors (Lipinski definition) is 4. The van der Waals surface area contributed by atoms with Gasteiger partial charge in [0.2, 0.25) is 5.88 Å². The molecule has 1 atom stereocenters. The van der Waals surface area contributed by atoms with Crippen molar-refractivity contribution in [2.45, 2.75) is 45.3 Å². The molecule has 0 amide bonds. The van der Waals surface area contributed by atoms with Crippen LogP contribution in [0.25, 0.3) is 0 Å². The smallest absolute Gasteiger partial charge is 0.232 e. The minimum absolute atomic E-state index is 0.114. The number of pyridine rings is 1. The highest BCUT2D eigenvalue weighted by Crippen LogP contribution is 2.29. The van der Waals surface area contributed by atoms with E-state index in [-0.39, 0.29) is 6.10 Å². The summed E-state index contributed by atoms with van der Waals surface area (Å²) in [7, 11) is 0. The van der Waals surface area contributed by atoms with Crippen LogP contribution in [0.15, 0.2) is 36.4 Å². The number of nitriles is 1. The predicted octanol–water partition coefficient (Wildman–Crippen LogP) is 4.37.